The number of aromatic amines is 1. The molecule has 0 amide bonds. The number of carbonyl (C=O) groups is 2. The van der Waals surface area contributed by atoms with E-state index in [2.05, 4.69) is 24.4 Å². The van der Waals surface area contributed by atoms with Crippen LogP contribution >= 0.6 is 0 Å². The number of esters is 2. The molecule has 1 aromatic heterocycles. The van der Waals surface area contributed by atoms with E-state index in [1.807, 2.05) is 0 Å². The fourth-order valence-corrected chi connectivity index (χ4v) is 2.70. The van der Waals surface area contributed by atoms with E-state index in [0.29, 0.717) is 30.0 Å². The zero-order valence-electron chi connectivity index (χ0n) is 15.8. The first kappa shape index (κ1) is 19.7. The van der Waals surface area contributed by atoms with Crippen molar-refractivity contribution in [2.24, 2.45) is 0 Å². The number of nitrogens with one attached hydrogen (secondary N) is 3. The minimum Gasteiger partial charge on any atom is -0.465 e. The van der Waals surface area contributed by atoms with Gasteiger partial charge >= 0.3 is 11.9 Å². The van der Waals surface area contributed by atoms with Crippen LogP contribution in [0, 0.1) is 0 Å². The van der Waals surface area contributed by atoms with Gasteiger partial charge in [-0.25, -0.2) is 14.6 Å². The summed E-state index contributed by atoms with van der Waals surface area (Å²) >= 11 is 0. The second-order valence-corrected chi connectivity index (χ2v) is 6.29. The van der Waals surface area contributed by atoms with Gasteiger partial charge in [0.05, 0.1) is 51.0 Å². The topological polar surface area (TPSA) is 83.2 Å². The van der Waals surface area contributed by atoms with E-state index in [-0.39, 0.29) is 0 Å². The highest BCUT2D eigenvalue weighted by molar-refractivity contribution is 6.05. The zero-order valence-corrected chi connectivity index (χ0v) is 15.8. The second-order valence-electron chi connectivity index (χ2n) is 6.29. The van der Waals surface area contributed by atoms with Crippen LogP contribution in [0.1, 0.15) is 34.1 Å². The van der Waals surface area contributed by atoms with Gasteiger partial charge in [-0.3, -0.25) is 0 Å². The van der Waals surface area contributed by atoms with E-state index < -0.39 is 11.9 Å². The van der Waals surface area contributed by atoms with Crippen molar-refractivity contribution in [3.63, 3.8) is 0 Å². The third-order valence-corrected chi connectivity index (χ3v) is 4.00. The Morgan fingerprint density at radius 1 is 1.23 bits per heavy atom. The lowest BCUT2D eigenvalue weighted by atomic mass is 10.1. The van der Waals surface area contributed by atoms with Crippen molar-refractivity contribution in [2.45, 2.75) is 13.3 Å². The van der Waals surface area contributed by atoms with Crippen LogP contribution in [0.5, 0.6) is 0 Å². The van der Waals surface area contributed by atoms with Crippen LogP contribution < -0.4 is 15.2 Å². The molecular weight excluding hydrogens is 334 g/mol. The van der Waals surface area contributed by atoms with E-state index in [1.165, 1.54) is 12.0 Å². The second kappa shape index (κ2) is 9.15. The van der Waals surface area contributed by atoms with Crippen molar-refractivity contribution in [3.05, 3.63) is 35.5 Å². The molecule has 0 radical (unpaired) electrons. The van der Waals surface area contributed by atoms with Gasteiger partial charge < -0.3 is 19.7 Å². The van der Waals surface area contributed by atoms with Crippen molar-refractivity contribution in [1.82, 2.24) is 0 Å². The predicted octanol–water partition coefficient (Wildman–Crippen LogP) is 0.564. The maximum atomic E-state index is 12.3. The lowest BCUT2D eigenvalue weighted by Gasteiger charge is -2.13. The Labute approximate surface area is 153 Å². The normalized spacial score (nSPS) is 10.8. The first-order chi connectivity index (χ1) is 12.5. The summed E-state index contributed by atoms with van der Waals surface area (Å²) in [6.45, 7) is 3.78. The number of hydrogen-bond donors (Lipinski definition) is 2. The van der Waals surface area contributed by atoms with Gasteiger partial charge in [0.1, 0.15) is 5.56 Å². The molecule has 0 aliphatic rings. The number of aromatic nitrogens is 1. The highest BCUT2D eigenvalue weighted by Crippen LogP contribution is 2.26. The number of benzene rings is 1. The molecule has 2 rings (SSSR count). The summed E-state index contributed by atoms with van der Waals surface area (Å²) in [5, 5.41) is 4.09. The molecule has 0 fully saturated rings. The molecule has 0 bridgehead atoms. The summed E-state index contributed by atoms with van der Waals surface area (Å²) in [4.78, 5) is 28.7. The number of H-pyrrole nitrogens is 1. The van der Waals surface area contributed by atoms with E-state index >= 15 is 0 Å². The molecule has 140 valence electrons. The summed E-state index contributed by atoms with van der Waals surface area (Å²) in [6, 6.07) is 5.21. The summed E-state index contributed by atoms with van der Waals surface area (Å²) in [5.41, 5.74) is 2.32. The SMILES string of the molecule is CCOC(=O)c1c[nH+]c2ccc(C(=O)OC)cc2c1NCCC[NH+](C)C. The Morgan fingerprint density at radius 2 is 2.00 bits per heavy atom. The highest BCUT2D eigenvalue weighted by Gasteiger charge is 2.21. The van der Waals surface area contributed by atoms with Crippen molar-refractivity contribution in [2.75, 3.05) is 46.2 Å². The number of hydrogen-bond acceptors (Lipinski definition) is 5. The van der Waals surface area contributed by atoms with E-state index in [1.54, 1.807) is 31.3 Å². The smallest absolute Gasteiger partial charge is 0.346 e. The maximum absolute atomic E-state index is 12.3. The Bertz CT molecular complexity index is 790. The summed E-state index contributed by atoms with van der Waals surface area (Å²) in [6.07, 6.45) is 2.58. The Hall–Kier alpha value is -2.67. The number of carbonyl (C=O) groups excluding carboxylic acids is 2. The summed E-state index contributed by atoms with van der Waals surface area (Å²) in [7, 11) is 5.54. The van der Waals surface area contributed by atoms with Crippen molar-refractivity contribution < 1.29 is 28.9 Å². The Morgan fingerprint density at radius 3 is 2.65 bits per heavy atom. The van der Waals surface area contributed by atoms with Crippen LogP contribution in [-0.2, 0) is 9.47 Å². The molecule has 26 heavy (non-hydrogen) atoms. The van der Waals surface area contributed by atoms with Gasteiger partial charge in [0.15, 0.2) is 6.20 Å². The number of pyridine rings is 1. The molecule has 7 nitrogen and oxygen atoms in total. The third kappa shape index (κ3) is 4.70. The molecule has 0 saturated heterocycles. The fourth-order valence-electron chi connectivity index (χ4n) is 2.70. The van der Waals surface area contributed by atoms with Crippen LogP contribution in [0.4, 0.5) is 5.69 Å². The molecule has 1 aromatic carbocycles. The third-order valence-electron chi connectivity index (χ3n) is 4.00. The number of rotatable bonds is 8. The first-order valence-corrected chi connectivity index (χ1v) is 8.74. The molecule has 0 saturated carbocycles. The van der Waals surface area contributed by atoms with Gasteiger partial charge in [0.25, 0.3) is 0 Å². The summed E-state index contributed by atoms with van der Waals surface area (Å²) < 4.78 is 9.97. The number of quaternary nitrogens is 1. The molecular formula is C19H27N3O4+2. The molecule has 0 atom stereocenters. The minimum absolute atomic E-state index is 0.294. The minimum atomic E-state index is -0.421. The quantitative estimate of drug-likeness (QED) is 0.530. The summed E-state index contributed by atoms with van der Waals surface area (Å²) in [5.74, 6) is -0.828. The van der Waals surface area contributed by atoms with Crippen LogP contribution in [0.25, 0.3) is 10.9 Å². The Kier molecular flexibility index (Phi) is 6.91. The largest absolute Gasteiger partial charge is 0.465 e. The molecule has 1 heterocycles. The molecule has 0 aliphatic carbocycles. The van der Waals surface area contributed by atoms with Crippen molar-refractivity contribution in [3.8, 4) is 0 Å². The van der Waals surface area contributed by atoms with E-state index in [0.717, 1.165) is 23.9 Å². The zero-order chi connectivity index (χ0) is 19.1. The molecule has 0 spiro atoms. The molecule has 0 aliphatic heterocycles. The van der Waals surface area contributed by atoms with Crippen LogP contribution in [0.3, 0.4) is 0 Å². The molecule has 7 heteroatoms. The van der Waals surface area contributed by atoms with Crippen molar-refractivity contribution in [1.29, 1.82) is 0 Å². The van der Waals surface area contributed by atoms with Crippen LogP contribution in [0.2, 0.25) is 0 Å². The standard InChI is InChI=1S/C19H25N3O4/c1-5-26-19(24)15-12-21-16-8-7-13(18(23)25-4)11-14(16)17(15)20-9-6-10-22(2)3/h7-8,11-12H,5-6,9-10H2,1-4H3,(H,20,21)/p+2. The van der Waals surface area contributed by atoms with Gasteiger partial charge in [0, 0.05) is 19.0 Å². The van der Waals surface area contributed by atoms with Gasteiger partial charge in [-0.1, -0.05) is 0 Å². The average molecular weight is 361 g/mol. The van der Waals surface area contributed by atoms with Gasteiger partial charge in [-0.15, -0.1) is 0 Å². The van der Waals surface area contributed by atoms with Crippen molar-refractivity contribution >= 4 is 28.5 Å². The number of ether oxygens (including phenoxy) is 2. The van der Waals surface area contributed by atoms with Gasteiger partial charge in [-0.2, -0.15) is 0 Å². The molecule has 2 aromatic rings. The van der Waals surface area contributed by atoms with E-state index in [9.17, 15) is 9.59 Å². The molecule has 0 unspecified atom stereocenters. The lowest BCUT2D eigenvalue weighted by Crippen LogP contribution is -3.05. The fraction of sp³-hybridized carbons (Fsp3) is 0.421. The number of fused-ring (bicyclic) bond motifs is 1. The molecule has 3 N–H and O–H groups in total. The Balaban J connectivity index is 2.45. The first-order valence-electron chi connectivity index (χ1n) is 8.74. The van der Waals surface area contributed by atoms with Gasteiger partial charge in [0.2, 0.25) is 5.52 Å². The van der Waals surface area contributed by atoms with E-state index in [4.69, 9.17) is 9.47 Å². The average Bonchev–Trinajstić information content (AvgIpc) is 2.63. The van der Waals surface area contributed by atoms with Crippen LogP contribution in [-0.4, -0.2) is 52.8 Å². The maximum Gasteiger partial charge on any atom is 0.346 e. The number of anilines is 1. The predicted molar refractivity (Wildman–Crippen MR) is 98.6 cm³/mol. The monoisotopic (exact) mass is 361 g/mol. The van der Waals surface area contributed by atoms with Gasteiger partial charge in [-0.05, 0) is 19.1 Å². The lowest BCUT2D eigenvalue weighted by molar-refractivity contribution is -0.858. The number of methoxy groups -OCH3 is 1. The highest BCUT2D eigenvalue weighted by atomic mass is 16.5. The van der Waals surface area contributed by atoms with Crippen LogP contribution in [0.15, 0.2) is 24.4 Å².